The van der Waals surface area contributed by atoms with Crippen LogP contribution in [-0.2, 0) is 14.3 Å². The minimum Gasteiger partial charge on any atom is -0.423 e. The van der Waals surface area contributed by atoms with Crippen molar-refractivity contribution in [2.45, 2.75) is 51.9 Å². The van der Waals surface area contributed by atoms with Crippen LogP contribution in [0.1, 0.15) is 51.9 Å². The van der Waals surface area contributed by atoms with E-state index in [-0.39, 0.29) is 17.5 Å². The summed E-state index contributed by atoms with van der Waals surface area (Å²) in [6.45, 7) is 2.08. The van der Waals surface area contributed by atoms with Gasteiger partial charge in [0, 0.05) is 12.8 Å². The number of carbonyl (C=O) groups excluding carboxylic acids is 2. The molecule has 0 fully saturated rings. The smallest absolute Gasteiger partial charge is 0.311 e. The highest BCUT2D eigenvalue weighted by Gasteiger charge is 2.17. The average molecular weight is 210 g/mol. The predicted octanol–water partition coefficient (Wildman–Crippen LogP) is 2.75. The number of ether oxygens (including phenoxy) is 1. The van der Waals surface area contributed by atoms with Crippen LogP contribution in [0, 0.1) is 0 Å². The van der Waals surface area contributed by atoms with E-state index in [9.17, 15) is 9.59 Å². The second kappa shape index (κ2) is 6.38. The van der Waals surface area contributed by atoms with Crippen molar-refractivity contribution in [2.75, 3.05) is 0 Å². The van der Waals surface area contributed by atoms with Gasteiger partial charge in [0.1, 0.15) is 0 Å². The van der Waals surface area contributed by atoms with Crippen molar-refractivity contribution < 1.29 is 14.3 Å². The molecule has 1 aliphatic carbocycles. The molecule has 1 rings (SSSR count). The maximum absolute atomic E-state index is 11.3. The quantitative estimate of drug-likeness (QED) is 0.517. The molecule has 0 unspecified atom stereocenters. The number of hydrogen-bond acceptors (Lipinski definition) is 3. The predicted molar refractivity (Wildman–Crippen MR) is 57.2 cm³/mol. The number of ketones is 1. The summed E-state index contributed by atoms with van der Waals surface area (Å²) in [4.78, 5) is 22.6. The molecule has 0 N–H and O–H groups in total. The maximum atomic E-state index is 11.3. The molecule has 3 heteroatoms. The molecule has 0 bridgehead atoms. The van der Waals surface area contributed by atoms with Crippen LogP contribution in [0.5, 0.6) is 0 Å². The molecule has 0 amide bonds. The molecule has 0 spiro atoms. The lowest BCUT2D eigenvalue weighted by Crippen LogP contribution is -2.14. The van der Waals surface area contributed by atoms with Gasteiger partial charge in [-0.1, -0.05) is 19.8 Å². The van der Waals surface area contributed by atoms with E-state index >= 15 is 0 Å². The molecule has 0 radical (unpaired) electrons. The number of carbonyl (C=O) groups is 2. The van der Waals surface area contributed by atoms with Crippen LogP contribution >= 0.6 is 0 Å². The molecule has 15 heavy (non-hydrogen) atoms. The molecule has 0 atom stereocenters. The summed E-state index contributed by atoms with van der Waals surface area (Å²) in [5.41, 5.74) is 0. The van der Waals surface area contributed by atoms with Gasteiger partial charge in [0.2, 0.25) is 0 Å². The zero-order valence-corrected chi connectivity index (χ0v) is 9.25. The second-order valence-electron chi connectivity index (χ2n) is 3.81. The third kappa shape index (κ3) is 4.28. The number of unbranched alkanes of at least 4 members (excludes halogenated alkanes) is 2. The summed E-state index contributed by atoms with van der Waals surface area (Å²) in [5.74, 6) is -0.0437. The van der Waals surface area contributed by atoms with Crippen molar-refractivity contribution in [3.05, 3.63) is 11.8 Å². The van der Waals surface area contributed by atoms with E-state index in [2.05, 4.69) is 6.92 Å². The fraction of sp³-hybridized carbons (Fsp3) is 0.667. The SMILES string of the molecule is CCCCCC(=O)OC1=CCCCC1=O. The molecule has 0 heterocycles. The highest BCUT2D eigenvalue weighted by molar-refractivity contribution is 5.96. The molecular weight excluding hydrogens is 192 g/mol. The van der Waals surface area contributed by atoms with Crippen molar-refractivity contribution in [3.63, 3.8) is 0 Å². The van der Waals surface area contributed by atoms with E-state index in [0.717, 1.165) is 32.1 Å². The Morgan fingerprint density at radius 3 is 2.93 bits per heavy atom. The Bertz CT molecular complexity index is 266. The van der Waals surface area contributed by atoms with Gasteiger partial charge < -0.3 is 4.74 Å². The zero-order valence-electron chi connectivity index (χ0n) is 9.25. The average Bonchev–Trinajstić information content (AvgIpc) is 2.22. The minimum atomic E-state index is -0.273. The molecule has 0 aliphatic heterocycles. The first-order valence-electron chi connectivity index (χ1n) is 5.68. The number of esters is 1. The van der Waals surface area contributed by atoms with Gasteiger partial charge >= 0.3 is 5.97 Å². The first-order chi connectivity index (χ1) is 7.24. The molecule has 0 aromatic heterocycles. The van der Waals surface area contributed by atoms with E-state index in [0.29, 0.717) is 12.8 Å². The molecule has 0 aromatic carbocycles. The Kier molecular flexibility index (Phi) is 5.08. The van der Waals surface area contributed by atoms with Gasteiger partial charge in [0.15, 0.2) is 11.5 Å². The van der Waals surface area contributed by atoms with Gasteiger partial charge in [-0.05, 0) is 25.3 Å². The second-order valence-corrected chi connectivity index (χ2v) is 3.81. The van der Waals surface area contributed by atoms with Crippen molar-refractivity contribution in [2.24, 2.45) is 0 Å². The molecule has 0 saturated heterocycles. The summed E-state index contributed by atoms with van der Waals surface area (Å²) in [7, 11) is 0. The van der Waals surface area contributed by atoms with Gasteiger partial charge in [-0.15, -0.1) is 0 Å². The van der Waals surface area contributed by atoms with E-state index in [1.54, 1.807) is 6.08 Å². The van der Waals surface area contributed by atoms with Crippen LogP contribution in [0.4, 0.5) is 0 Å². The van der Waals surface area contributed by atoms with Gasteiger partial charge in [0.25, 0.3) is 0 Å². The van der Waals surface area contributed by atoms with Crippen LogP contribution in [0.2, 0.25) is 0 Å². The highest BCUT2D eigenvalue weighted by atomic mass is 16.5. The maximum Gasteiger partial charge on any atom is 0.311 e. The molecular formula is C12H18O3. The van der Waals surface area contributed by atoms with Gasteiger partial charge in [0.05, 0.1) is 0 Å². The Morgan fingerprint density at radius 1 is 1.47 bits per heavy atom. The Labute approximate surface area is 90.5 Å². The first-order valence-corrected chi connectivity index (χ1v) is 5.68. The van der Waals surface area contributed by atoms with Crippen LogP contribution in [0.25, 0.3) is 0 Å². The molecule has 0 saturated carbocycles. The van der Waals surface area contributed by atoms with Crippen molar-refractivity contribution in [1.29, 1.82) is 0 Å². The lowest BCUT2D eigenvalue weighted by molar-refractivity contribution is -0.143. The zero-order chi connectivity index (χ0) is 11.1. The van der Waals surface area contributed by atoms with E-state index in [1.165, 1.54) is 0 Å². The fourth-order valence-corrected chi connectivity index (χ4v) is 1.52. The topological polar surface area (TPSA) is 43.4 Å². The molecule has 84 valence electrons. The number of Topliss-reactive ketones (excluding diaryl/α,β-unsaturated/α-hetero) is 1. The van der Waals surface area contributed by atoms with Crippen LogP contribution < -0.4 is 0 Å². The third-order valence-corrected chi connectivity index (χ3v) is 2.42. The number of hydrogen-bond donors (Lipinski definition) is 0. The van der Waals surface area contributed by atoms with Crippen LogP contribution in [0.15, 0.2) is 11.8 Å². The highest BCUT2D eigenvalue weighted by Crippen LogP contribution is 2.16. The monoisotopic (exact) mass is 210 g/mol. The summed E-state index contributed by atoms with van der Waals surface area (Å²) in [6.07, 6.45) is 7.31. The Hall–Kier alpha value is -1.12. The summed E-state index contributed by atoms with van der Waals surface area (Å²) < 4.78 is 5.02. The standard InChI is InChI=1S/C12H18O3/c1-2-3-4-9-12(14)15-11-8-6-5-7-10(11)13/h8H,2-7,9H2,1H3. The Balaban J connectivity index is 2.30. The van der Waals surface area contributed by atoms with Crippen molar-refractivity contribution >= 4 is 11.8 Å². The van der Waals surface area contributed by atoms with E-state index < -0.39 is 0 Å². The number of rotatable bonds is 5. The summed E-state index contributed by atoms with van der Waals surface area (Å²) in [5, 5.41) is 0. The van der Waals surface area contributed by atoms with Crippen molar-refractivity contribution in [3.8, 4) is 0 Å². The lowest BCUT2D eigenvalue weighted by atomic mass is 10.1. The molecule has 1 aliphatic rings. The minimum absolute atomic E-state index is 0.0370. The summed E-state index contributed by atoms with van der Waals surface area (Å²) >= 11 is 0. The lowest BCUT2D eigenvalue weighted by Gasteiger charge is -2.11. The van der Waals surface area contributed by atoms with E-state index in [1.807, 2.05) is 0 Å². The van der Waals surface area contributed by atoms with Gasteiger partial charge in [-0.2, -0.15) is 0 Å². The largest absolute Gasteiger partial charge is 0.423 e. The van der Waals surface area contributed by atoms with Gasteiger partial charge in [-0.3, -0.25) is 9.59 Å². The van der Waals surface area contributed by atoms with Gasteiger partial charge in [-0.25, -0.2) is 0 Å². The van der Waals surface area contributed by atoms with Crippen molar-refractivity contribution in [1.82, 2.24) is 0 Å². The molecule has 0 aromatic rings. The normalized spacial score (nSPS) is 16.1. The fourth-order valence-electron chi connectivity index (χ4n) is 1.52. The Morgan fingerprint density at radius 2 is 2.27 bits per heavy atom. The third-order valence-electron chi connectivity index (χ3n) is 2.42. The first kappa shape index (κ1) is 12.0. The van der Waals surface area contributed by atoms with E-state index in [4.69, 9.17) is 4.74 Å². The van der Waals surface area contributed by atoms with Crippen LogP contribution in [-0.4, -0.2) is 11.8 Å². The van der Waals surface area contributed by atoms with Crippen LogP contribution in [0.3, 0.4) is 0 Å². The number of allylic oxidation sites excluding steroid dienone is 2. The summed E-state index contributed by atoms with van der Waals surface area (Å²) in [6, 6.07) is 0. The molecule has 3 nitrogen and oxygen atoms in total.